The summed E-state index contributed by atoms with van der Waals surface area (Å²) in [5.74, 6) is 0.608. The van der Waals surface area contributed by atoms with E-state index in [1.807, 2.05) is 24.3 Å². The zero-order valence-electron chi connectivity index (χ0n) is 13.9. The van der Waals surface area contributed by atoms with Gasteiger partial charge in [-0.3, -0.25) is 9.59 Å². The lowest BCUT2D eigenvalue weighted by molar-refractivity contribution is -0.135. The van der Waals surface area contributed by atoms with Crippen LogP contribution >= 0.6 is 11.8 Å². The maximum atomic E-state index is 12.6. The minimum atomic E-state index is -0.0305. The van der Waals surface area contributed by atoms with Crippen LogP contribution in [0.1, 0.15) is 16.8 Å². The lowest BCUT2D eigenvalue weighted by atomic mass is 10.2. The summed E-state index contributed by atoms with van der Waals surface area (Å²) in [5.41, 5.74) is 0.653. The molecule has 2 amide bonds. The molecule has 0 radical (unpaired) electrons. The molecule has 24 heavy (non-hydrogen) atoms. The maximum Gasteiger partial charge on any atom is 0.253 e. The van der Waals surface area contributed by atoms with E-state index < -0.39 is 0 Å². The average molecular weight is 352 g/mol. The number of ether oxygens (including phenoxy) is 1. The average Bonchev–Trinajstić information content (AvgIpc) is 2.86. The number of hydrogen-bond donors (Lipinski definition) is 1. The van der Waals surface area contributed by atoms with Crippen molar-refractivity contribution in [1.82, 2.24) is 9.80 Å². The smallest absolute Gasteiger partial charge is 0.253 e. The molecule has 1 aromatic rings. The number of hydrogen-bond acceptors (Lipinski definition) is 5. The number of benzene rings is 1. The van der Waals surface area contributed by atoms with Crippen LogP contribution in [0.3, 0.4) is 0 Å². The van der Waals surface area contributed by atoms with Crippen molar-refractivity contribution in [3.05, 3.63) is 29.8 Å². The van der Waals surface area contributed by atoms with Gasteiger partial charge in [0.25, 0.3) is 5.91 Å². The van der Waals surface area contributed by atoms with Crippen molar-refractivity contribution in [2.75, 3.05) is 52.3 Å². The maximum absolute atomic E-state index is 12.6. The SMILES string of the molecule is COCC(=O)N1CCCN(C(=O)c2ccc(SCCO)cc2)CC1. The zero-order valence-corrected chi connectivity index (χ0v) is 14.8. The highest BCUT2D eigenvalue weighted by Crippen LogP contribution is 2.19. The fourth-order valence-corrected chi connectivity index (χ4v) is 3.28. The summed E-state index contributed by atoms with van der Waals surface area (Å²) < 4.78 is 4.89. The van der Waals surface area contributed by atoms with Gasteiger partial charge in [0.2, 0.25) is 5.91 Å². The molecule has 1 N–H and O–H groups in total. The number of aliphatic hydroxyl groups excluding tert-OH is 1. The van der Waals surface area contributed by atoms with Gasteiger partial charge in [-0.25, -0.2) is 0 Å². The van der Waals surface area contributed by atoms with E-state index in [4.69, 9.17) is 9.84 Å². The molecule has 0 spiro atoms. The summed E-state index contributed by atoms with van der Waals surface area (Å²) in [7, 11) is 1.51. The summed E-state index contributed by atoms with van der Waals surface area (Å²) in [6, 6.07) is 7.45. The van der Waals surface area contributed by atoms with Gasteiger partial charge in [-0.1, -0.05) is 0 Å². The number of carbonyl (C=O) groups is 2. The van der Waals surface area contributed by atoms with Crippen LogP contribution < -0.4 is 0 Å². The Morgan fingerprint density at radius 2 is 1.79 bits per heavy atom. The van der Waals surface area contributed by atoms with Gasteiger partial charge in [0.15, 0.2) is 0 Å². The van der Waals surface area contributed by atoms with Crippen LogP contribution in [0.15, 0.2) is 29.2 Å². The molecule has 1 aliphatic heterocycles. The van der Waals surface area contributed by atoms with Gasteiger partial charge in [-0.05, 0) is 30.7 Å². The second kappa shape index (κ2) is 9.66. The van der Waals surface area contributed by atoms with E-state index in [1.54, 1.807) is 21.6 Å². The van der Waals surface area contributed by atoms with Crippen LogP contribution in [-0.2, 0) is 9.53 Å². The van der Waals surface area contributed by atoms with Gasteiger partial charge in [-0.2, -0.15) is 0 Å². The minimum Gasteiger partial charge on any atom is -0.396 e. The highest BCUT2D eigenvalue weighted by Gasteiger charge is 2.22. The molecule has 6 nitrogen and oxygen atoms in total. The van der Waals surface area contributed by atoms with E-state index in [2.05, 4.69) is 0 Å². The minimum absolute atomic E-state index is 0.00486. The summed E-state index contributed by atoms with van der Waals surface area (Å²) in [5, 5.41) is 8.84. The normalized spacial score (nSPS) is 15.2. The Morgan fingerprint density at radius 3 is 2.46 bits per heavy atom. The number of aliphatic hydroxyl groups is 1. The van der Waals surface area contributed by atoms with Crippen molar-refractivity contribution < 1.29 is 19.4 Å². The van der Waals surface area contributed by atoms with Crippen LogP contribution in [-0.4, -0.2) is 79.0 Å². The fourth-order valence-electron chi connectivity index (χ4n) is 2.62. The van der Waals surface area contributed by atoms with E-state index in [1.165, 1.54) is 7.11 Å². The van der Waals surface area contributed by atoms with Crippen LogP contribution in [0.5, 0.6) is 0 Å². The standard InChI is InChI=1S/C17H24N2O4S/c1-23-13-16(21)18-7-2-8-19(10-9-18)17(22)14-3-5-15(6-4-14)24-12-11-20/h3-6,20H,2,7-13H2,1H3. The molecule has 1 saturated heterocycles. The molecular weight excluding hydrogens is 328 g/mol. The topological polar surface area (TPSA) is 70.1 Å². The van der Waals surface area contributed by atoms with Crippen molar-refractivity contribution in [2.24, 2.45) is 0 Å². The number of amides is 2. The van der Waals surface area contributed by atoms with E-state index in [9.17, 15) is 9.59 Å². The second-order valence-corrected chi connectivity index (χ2v) is 6.72. The Morgan fingerprint density at radius 1 is 1.12 bits per heavy atom. The van der Waals surface area contributed by atoms with Crippen LogP contribution in [0.2, 0.25) is 0 Å². The summed E-state index contributed by atoms with van der Waals surface area (Å²) in [4.78, 5) is 29.1. The summed E-state index contributed by atoms with van der Waals surface area (Å²) in [6.45, 7) is 2.60. The number of methoxy groups -OCH3 is 1. The van der Waals surface area contributed by atoms with Crippen molar-refractivity contribution in [2.45, 2.75) is 11.3 Å². The molecule has 1 fully saturated rings. The molecule has 0 saturated carbocycles. The van der Waals surface area contributed by atoms with Gasteiger partial charge in [-0.15, -0.1) is 11.8 Å². The van der Waals surface area contributed by atoms with E-state index >= 15 is 0 Å². The van der Waals surface area contributed by atoms with Gasteiger partial charge in [0, 0.05) is 49.5 Å². The van der Waals surface area contributed by atoms with Crippen molar-refractivity contribution >= 4 is 23.6 Å². The molecule has 0 bridgehead atoms. The molecule has 132 valence electrons. The summed E-state index contributed by atoms with van der Waals surface area (Å²) in [6.07, 6.45) is 0.769. The van der Waals surface area contributed by atoms with Gasteiger partial charge >= 0.3 is 0 Å². The van der Waals surface area contributed by atoms with Crippen molar-refractivity contribution in [1.29, 1.82) is 0 Å². The molecule has 7 heteroatoms. The summed E-state index contributed by atoms with van der Waals surface area (Å²) >= 11 is 1.56. The van der Waals surface area contributed by atoms with Gasteiger partial charge < -0.3 is 19.6 Å². The molecule has 0 unspecified atom stereocenters. The number of rotatable bonds is 6. The van der Waals surface area contributed by atoms with Crippen LogP contribution in [0.25, 0.3) is 0 Å². The first-order valence-corrected chi connectivity index (χ1v) is 9.04. The molecule has 1 aromatic carbocycles. The van der Waals surface area contributed by atoms with Gasteiger partial charge in [0.05, 0.1) is 6.61 Å². The largest absolute Gasteiger partial charge is 0.396 e. The first-order valence-electron chi connectivity index (χ1n) is 8.05. The number of nitrogens with zero attached hydrogens (tertiary/aromatic N) is 2. The van der Waals surface area contributed by atoms with Crippen molar-refractivity contribution in [3.63, 3.8) is 0 Å². The third-order valence-corrected chi connectivity index (χ3v) is 4.86. The molecule has 0 aliphatic carbocycles. The van der Waals surface area contributed by atoms with Crippen molar-refractivity contribution in [3.8, 4) is 0 Å². The molecule has 1 aliphatic rings. The zero-order chi connectivity index (χ0) is 17.4. The second-order valence-electron chi connectivity index (χ2n) is 5.56. The number of carbonyl (C=O) groups excluding carboxylic acids is 2. The molecular formula is C17H24N2O4S. The Hall–Kier alpha value is -1.57. The van der Waals surface area contributed by atoms with Crippen LogP contribution in [0, 0.1) is 0 Å². The third kappa shape index (κ3) is 5.22. The Bertz CT molecular complexity index is 550. The fraction of sp³-hybridized carbons (Fsp3) is 0.529. The highest BCUT2D eigenvalue weighted by atomic mass is 32.2. The van der Waals surface area contributed by atoms with Crippen LogP contribution in [0.4, 0.5) is 0 Å². The monoisotopic (exact) mass is 352 g/mol. The Kier molecular flexibility index (Phi) is 7.55. The van der Waals surface area contributed by atoms with E-state index in [0.29, 0.717) is 37.5 Å². The Balaban J connectivity index is 1.93. The lowest BCUT2D eigenvalue weighted by Crippen LogP contribution is -2.38. The molecule has 0 atom stereocenters. The first-order chi connectivity index (χ1) is 11.7. The molecule has 0 aromatic heterocycles. The first kappa shape index (κ1) is 18.8. The Labute approximate surface area is 146 Å². The lowest BCUT2D eigenvalue weighted by Gasteiger charge is -2.22. The number of thioether (sulfide) groups is 1. The third-order valence-electron chi connectivity index (χ3n) is 3.86. The quantitative estimate of drug-likeness (QED) is 0.776. The highest BCUT2D eigenvalue weighted by molar-refractivity contribution is 7.99. The van der Waals surface area contributed by atoms with E-state index in [-0.39, 0.29) is 25.0 Å². The molecule has 1 heterocycles. The predicted molar refractivity (Wildman–Crippen MR) is 93.2 cm³/mol. The van der Waals surface area contributed by atoms with Gasteiger partial charge in [0.1, 0.15) is 6.61 Å². The predicted octanol–water partition coefficient (Wildman–Crippen LogP) is 1.09. The van der Waals surface area contributed by atoms with E-state index in [0.717, 1.165) is 11.3 Å². The molecule has 2 rings (SSSR count).